The molecule has 0 atom stereocenters. The molecule has 4 aromatic rings. The van der Waals surface area contributed by atoms with Crippen LogP contribution in [0.4, 0.5) is 0 Å². The quantitative estimate of drug-likeness (QED) is 0.540. The van der Waals surface area contributed by atoms with Gasteiger partial charge >= 0.3 is 0 Å². The molecule has 0 spiro atoms. The maximum absolute atomic E-state index is 10.2. The lowest BCUT2D eigenvalue weighted by Gasteiger charge is -1.93. The Labute approximate surface area is 113 Å². The van der Waals surface area contributed by atoms with Gasteiger partial charge in [-0.3, -0.25) is 0 Å². The van der Waals surface area contributed by atoms with E-state index < -0.39 is 0 Å². The van der Waals surface area contributed by atoms with Gasteiger partial charge in [-0.1, -0.05) is 24.3 Å². The monoisotopic (exact) mass is 266 g/mol. The van der Waals surface area contributed by atoms with Crippen molar-refractivity contribution >= 4 is 21.9 Å². The van der Waals surface area contributed by atoms with E-state index in [0.717, 1.165) is 5.39 Å². The van der Waals surface area contributed by atoms with Crippen molar-refractivity contribution in [1.29, 1.82) is 0 Å². The highest BCUT2D eigenvalue weighted by Gasteiger charge is 2.20. The Bertz CT molecular complexity index is 897. The number of rotatable bonds is 1. The van der Waals surface area contributed by atoms with E-state index in [1.54, 1.807) is 18.2 Å². The van der Waals surface area contributed by atoms with Crippen LogP contribution in [0.3, 0.4) is 0 Å². The van der Waals surface area contributed by atoms with Crippen LogP contribution in [0.5, 0.6) is 11.5 Å². The standard InChI is InChI=1S/C16H10O4/c17-10-5-3-7-12-14(10)15(18)16(20-12)13-8-9-4-1-2-6-11(9)19-13/h1-8,17-18H. The number of hydrogen-bond donors (Lipinski definition) is 2. The first-order valence-corrected chi connectivity index (χ1v) is 6.16. The van der Waals surface area contributed by atoms with Crippen LogP contribution in [-0.2, 0) is 0 Å². The molecule has 0 aliphatic heterocycles. The average Bonchev–Trinajstić information content (AvgIpc) is 3.00. The lowest BCUT2D eigenvalue weighted by molar-refractivity contribution is 0.457. The van der Waals surface area contributed by atoms with Crippen LogP contribution >= 0.6 is 0 Å². The number of para-hydroxylation sites is 1. The summed E-state index contributed by atoms with van der Waals surface area (Å²) in [6, 6.07) is 14.2. The summed E-state index contributed by atoms with van der Waals surface area (Å²) in [6.07, 6.45) is 0. The summed E-state index contributed by atoms with van der Waals surface area (Å²) >= 11 is 0. The Kier molecular flexibility index (Phi) is 2.09. The molecular formula is C16H10O4. The fourth-order valence-corrected chi connectivity index (χ4v) is 2.38. The Morgan fingerprint density at radius 3 is 2.40 bits per heavy atom. The Morgan fingerprint density at radius 2 is 1.60 bits per heavy atom. The first kappa shape index (κ1) is 11.0. The van der Waals surface area contributed by atoms with Crippen molar-refractivity contribution in [2.75, 3.05) is 0 Å². The van der Waals surface area contributed by atoms with Gasteiger partial charge < -0.3 is 19.0 Å². The molecule has 2 aromatic carbocycles. The summed E-state index contributed by atoms with van der Waals surface area (Å²) in [7, 11) is 0. The minimum absolute atomic E-state index is 0.0221. The molecule has 2 aromatic heterocycles. The first-order chi connectivity index (χ1) is 9.74. The molecule has 0 aliphatic carbocycles. The zero-order valence-electron chi connectivity index (χ0n) is 10.3. The highest BCUT2D eigenvalue weighted by Crippen LogP contribution is 2.44. The van der Waals surface area contributed by atoms with Gasteiger partial charge in [0.25, 0.3) is 0 Å². The summed E-state index contributed by atoms with van der Waals surface area (Å²) in [4.78, 5) is 0. The third-order valence-electron chi connectivity index (χ3n) is 3.32. The van der Waals surface area contributed by atoms with Crippen molar-refractivity contribution in [2.24, 2.45) is 0 Å². The number of phenolic OH excluding ortho intramolecular Hbond substituents is 1. The smallest absolute Gasteiger partial charge is 0.212 e. The van der Waals surface area contributed by atoms with Gasteiger partial charge in [0.2, 0.25) is 5.76 Å². The summed E-state index contributed by atoms with van der Waals surface area (Å²) in [5.41, 5.74) is 1.13. The van der Waals surface area contributed by atoms with E-state index in [1.807, 2.05) is 24.3 Å². The SMILES string of the molecule is Oc1cccc2oc(-c3cc4ccccc4o3)c(O)c12. The summed E-state index contributed by atoms with van der Waals surface area (Å²) in [5, 5.41) is 21.3. The number of phenols is 1. The van der Waals surface area contributed by atoms with Gasteiger partial charge in [0.05, 0.1) is 0 Å². The average molecular weight is 266 g/mol. The fourth-order valence-electron chi connectivity index (χ4n) is 2.38. The topological polar surface area (TPSA) is 66.7 Å². The molecule has 0 unspecified atom stereocenters. The number of hydrogen-bond acceptors (Lipinski definition) is 4. The molecule has 0 bridgehead atoms. The number of fused-ring (bicyclic) bond motifs is 2. The molecule has 2 N–H and O–H groups in total. The maximum atomic E-state index is 10.2. The predicted molar refractivity (Wildman–Crippen MR) is 74.8 cm³/mol. The lowest BCUT2D eigenvalue weighted by atomic mass is 10.2. The second-order valence-corrected chi connectivity index (χ2v) is 4.58. The number of furan rings is 2. The van der Waals surface area contributed by atoms with Gasteiger partial charge in [0.1, 0.15) is 22.3 Å². The molecule has 4 nitrogen and oxygen atoms in total. The van der Waals surface area contributed by atoms with Crippen LogP contribution < -0.4 is 0 Å². The zero-order valence-corrected chi connectivity index (χ0v) is 10.3. The lowest BCUT2D eigenvalue weighted by Crippen LogP contribution is -1.68. The molecule has 0 aliphatic rings. The van der Waals surface area contributed by atoms with Gasteiger partial charge in [-0.25, -0.2) is 0 Å². The van der Waals surface area contributed by atoms with Gasteiger partial charge in [-0.05, 0) is 24.3 Å². The van der Waals surface area contributed by atoms with Gasteiger partial charge in [-0.2, -0.15) is 0 Å². The Morgan fingerprint density at radius 1 is 0.800 bits per heavy atom. The second kappa shape index (κ2) is 3.81. The molecule has 0 radical (unpaired) electrons. The van der Waals surface area contributed by atoms with Crippen LogP contribution in [0.2, 0.25) is 0 Å². The third-order valence-corrected chi connectivity index (χ3v) is 3.32. The van der Waals surface area contributed by atoms with E-state index in [0.29, 0.717) is 22.3 Å². The van der Waals surface area contributed by atoms with Crippen LogP contribution in [0, 0.1) is 0 Å². The molecule has 0 fully saturated rings. The van der Waals surface area contributed by atoms with Crippen LogP contribution in [0.25, 0.3) is 33.5 Å². The molecule has 0 saturated carbocycles. The maximum Gasteiger partial charge on any atom is 0.212 e. The Hall–Kier alpha value is -2.88. The number of benzene rings is 2. The summed E-state index contributed by atoms with van der Waals surface area (Å²) in [5.74, 6) is 0.514. The highest BCUT2D eigenvalue weighted by molar-refractivity contribution is 5.96. The van der Waals surface area contributed by atoms with E-state index in [4.69, 9.17) is 8.83 Å². The van der Waals surface area contributed by atoms with Crippen molar-refractivity contribution in [3.8, 4) is 23.0 Å². The largest absolute Gasteiger partial charge is 0.507 e. The first-order valence-electron chi connectivity index (χ1n) is 6.16. The predicted octanol–water partition coefficient (Wildman–Crippen LogP) is 4.26. The molecule has 20 heavy (non-hydrogen) atoms. The molecule has 98 valence electrons. The van der Waals surface area contributed by atoms with Crippen molar-refractivity contribution < 1.29 is 19.0 Å². The van der Waals surface area contributed by atoms with Crippen LogP contribution in [0.1, 0.15) is 0 Å². The van der Waals surface area contributed by atoms with Crippen molar-refractivity contribution in [2.45, 2.75) is 0 Å². The Balaban J connectivity index is 2.02. The molecule has 0 saturated heterocycles. The molecule has 2 heterocycles. The van der Waals surface area contributed by atoms with E-state index in [-0.39, 0.29) is 17.3 Å². The van der Waals surface area contributed by atoms with E-state index >= 15 is 0 Å². The van der Waals surface area contributed by atoms with Crippen LogP contribution in [0.15, 0.2) is 57.4 Å². The molecular weight excluding hydrogens is 256 g/mol. The second-order valence-electron chi connectivity index (χ2n) is 4.58. The van der Waals surface area contributed by atoms with Crippen LogP contribution in [-0.4, -0.2) is 10.2 Å². The number of aromatic hydroxyl groups is 2. The molecule has 4 heteroatoms. The van der Waals surface area contributed by atoms with Gasteiger partial charge in [0.15, 0.2) is 11.5 Å². The highest BCUT2D eigenvalue weighted by atomic mass is 16.4. The van der Waals surface area contributed by atoms with E-state index in [1.165, 1.54) is 6.07 Å². The van der Waals surface area contributed by atoms with Crippen molar-refractivity contribution in [1.82, 2.24) is 0 Å². The fraction of sp³-hybridized carbons (Fsp3) is 0. The summed E-state index contributed by atoms with van der Waals surface area (Å²) < 4.78 is 11.3. The zero-order chi connectivity index (χ0) is 13.7. The van der Waals surface area contributed by atoms with Gasteiger partial charge in [-0.15, -0.1) is 0 Å². The van der Waals surface area contributed by atoms with E-state index in [9.17, 15) is 10.2 Å². The minimum Gasteiger partial charge on any atom is -0.507 e. The van der Waals surface area contributed by atoms with Crippen molar-refractivity contribution in [3.63, 3.8) is 0 Å². The molecule has 4 rings (SSSR count). The van der Waals surface area contributed by atoms with E-state index in [2.05, 4.69) is 0 Å². The third kappa shape index (κ3) is 1.42. The normalized spacial score (nSPS) is 11.4. The van der Waals surface area contributed by atoms with Gasteiger partial charge in [0, 0.05) is 5.39 Å². The molecule has 0 amide bonds. The minimum atomic E-state index is -0.114. The van der Waals surface area contributed by atoms with Crippen molar-refractivity contribution in [3.05, 3.63) is 48.5 Å². The summed E-state index contributed by atoms with van der Waals surface area (Å²) in [6.45, 7) is 0.